The molecule has 0 nitrogen and oxygen atoms in total. The lowest BCUT2D eigenvalue weighted by molar-refractivity contribution is 0.263. The molecule has 0 bridgehead atoms. The van der Waals surface area contributed by atoms with Crippen molar-refractivity contribution >= 4 is 16.6 Å². The average molecular weight is 427 g/mol. The molecule has 0 heterocycles. The van der Waals surface area contributed by atoms with Gasteiger partial charge in [0, 0.05) is 16.9 Å². The predicted octanol–water partition coefficient (Wildman–Crippen LogP) is 9.26. The lowest BCUT2D eigenvalue weighted by Crippen LogP contribution is -2.15. The third kappa shape index (κ3) is 5.90. The Morgan fingerprint density at radius 3 is 2.35 bits per heavy atom. The summed E-state index contributed by atoms with van der Waals surface area (Å²) in [5, 5.41) is 1.05. The Hall–Kier alpha value is -2.29. The Morgan fingerprint density at radius 1 is 0.935 bits per heavy atom. The molecule has 0 unspecified atom stereocenters. The molecule has 0 aromatic heterocycles. The molecule has 1 aliphatic carbocycles. The van der Waals surface area contributed by atoms with E-state index < -0.39 is 11.7 Å². The van der Waals surface area contributed by atoms with Crippen molar-refractivity contribution in [3.05, 3.63) is 77.4 Å². The van der Waals surface area contributed by atoms with Crippen molar-refractivity contribution in [1.29, 1.82) is 0 Å². The van der Waals surface area contributed by atoms with Crippen LogP contribution in [0.3, 0.4) is 0 Å². The third-order valence-corrected chi connectivity index (χ3v) is 6.50. The largest absolute Gasteiger partial charge is 0.208 e. The molecule has 0 saturated heterocycles. The topological polar surface area (TPSA) is 0 Å². The lowest BCUT2D eigenvalue weighted by Gasteiger charge is -2.27. The summed E-state index contributed by atoms with van der Waals surface area (Å²) in [6.45, 7) is 3.96. The number of hydrogen-bond donors (Lipinski definition) is 0. The molecule has 1 aliphatic rings. The average Bonchev–Trinajstić information content (AvgIpc) is 2.80. The molecule has 31 heavy (non-hydrogen) atoms. The molecule has 3 heteroatoms. The van der Waals surface area contributed by atoms with Gasteiger partial charge >= 0.3 is 0 Å². The molecule has 1 saturated carbocycles. The van der Waals surface area contributed by atoms with Crippen molar-refractivity contribution in [1.82, 2.24) is 0 Å². The molecule has 1 fully saturated rings. The minimum atomic E-state index is -0.795. The smallest absolute Gasteiger partial charge is 0.162 e. The molecular formula is C28H33F3. The van der Waals surface area contributed by atoms with E-state index in [4.69, 9.17) is 0 Å². The van der Waals surface area contributed by atoms with E-state index in [0.29, 0.717) is 41.5 Å². The molecule has 0 N–H and O–H groups in total. The molecular weight excluding hydrogens is 393 g/mol. The molecule has 0 amide bonds. The first-order chi connectivity index (χ1) is 15.0. The summed E-state index contributed by atoms with van der Waals surface area (Å²) in [4.78, 5) is 0. The number of halogens is 3. The van der Waals surface area contributed by atoms with Gasteiger partial charge in [0.25, 0.3) is 0 Å². The van der Waals surface area contributed by atoms with Crippen LogP contribution in [-0.2, 0) is 6.42 Å². The lowest BCUT2D eigenvalue weighted by atomic mass is 9.79. The molecule has 2 aromatic carbocycles. The third-order valence-electron chi connectivity index (χ3n) is 6.50. The molecule has 166 valence electrons. The summed E-state index contributed by atoms with van der Waals surface area (Å²) in [6, 6.07) is 8.18. The molecule has 3 rings (SSSR count). The minimum Gasteiger partial charge on any atom is -0.208 e. The van der Waals surface area contributed by atoms with Crippen molar-refractivity contribution in [2.45, 2.75) is 65.2 Å². The maximum atomic E-state index is 15.0. The van der Waals surface area contributed by atoms with Crippen LogP contribution in [0.15, 0.2) is 60.5 Å². The highest BCUT2D eigenvalue weighted by Gasteiger charge is 2.26. The number of fused-ring (bicyclic) bond motifs is 1. The van der Waals surface area contributed by atoms with Gasteiger partial charge in [0.1, 0.15) is 11.6 Å². The highest BCUT2D eigenvalue weighted by Crippen LogP contribution is 2.39. The summed E-state index contributed by atoms with van der Waals surface area (Å²) in [7, 11) is 0. The predicted molar refractivity (Wildman–Crippen MR) is 126 cm³/mol. The van der Waals surface area contributed by atoms with Gasteiger partial charge < -0.3 is 0 Å². The van der Waals surface area contributed by atoms with E-state index in [-0.39, 0.29) is 17.3 Å². The Balaban J connectivity index is 1.73. The second-order valence-corrected chi connectivity index (χ2v) is 8.61. The van der Waals surface area contributed by atoms with Crippen LogP contribution in [0, 0.1) is 17.7 Å². The SMILES string of the molecule is C/C=C/CCc1ccc2cc(C(F)=C(F)C3CCC(CC/C=C/C)CC3)ccc2c1F. The number of hydrogen-bond acceptors (Lipinski definition) is 0. The van der Waals surface area contributed by atoms with E-state index in [1.165, 1.54) is 6.07 Å². The molecule has 0 spiro atoms. The molecule has 0 radical (unpaired) electrons. The normalized spacial score (nSPS) is 20.7. The van der Waals surface area contributed by atoms with Crippen molar-refractivity contribution < 1.29 is 13.2 Å². The van der Waals surface area contributed by atoms with Crippen LogP contribution in [0.25, 0.3) is 16.6 Å². The van der Waals surface area contributed by atoms with Crippen LogP contribution in [0.4, 0.5) is 13.2 Å². The first kappa shape index (κ1) is 23.4. The van der Waals surface area contributed by atoms with Crippen LogP contribution in [0.2, 0.25) is 0 Å². The van der Waals surface area contributed by atoms with E-state index in [1.807, 2.05) is 26.0 Å². The van der Waals surface area contributed by atoms with Gasteiger partial charge in [-0.1, -0.05) is 48.6 Å². The second kappa shape index (κ2) is 11.4. The Bertz CT molecular complexity index is 960. The monoisotopic (exact) mass is 426 g/mol. The fourth-order valence-electron chi connectivity index (χ4n) is 4.59. The zero-order chi connectivity index (χ0) is 22.2. The van der Waals surface area contributed by atoms with Gasteiger partial charge in [-0.2, -0.15) is 0 Å². The zero-order valence-corrected chi connectivity index (χ0v) is 18.6. The van der Waals surface area contributed by atoms with Crippen LogP contribution in [0.5, 0.6) is 0 Å². The number of aryl methyl sites for hydroxylation is 1. The van der Waals surface area contributed by atoms with Gasteiger partial charge in [0.2, 0.25) is 0 Å². The summed E-state index contributed by atoms with van der Waals surface area (Å²) >= 11 is 0. The maximum absolute atomic E-state index is 15.0. The summed E-state index contributed by atoms with van der Waals surface area (Å²) in [5.41, 5.74) is 0.841. The fraction of sp³-hybridized carbons (Fsp3) is 0.429. The van der Waals surface area contributed by atoms with Crippen molar-refractivity contribution in [2.24, 2.45) is 11.8 Å². The van der Waals surface area contributed by atoms with E-state index in [2.05, 4.69) is 12.2 Å². The van der Waals surface area contributed by atoms with Gasteiger partial charge in [0.15, 0.2) is 5.83 Å². The van der Waals surface area contributed by atoms with Crippen LogP contribution < -0.4 is 0 Å². The summed E-state index contributed by atoms with van der Waals surface area (Å²) in [5.74, 6) is -1.45. The highest BCUT2D eigenvalue weighted by molar-refractivity contribution is 5.87. The van der Waals surface area contributed by atoms with Gasteiger partial charge in [-0.25, -0.2) is 13.2 Å². The maximum Gasteiger partial charge on any atom is 0.162 e. The van der Waals surface area contributed by atoms with Crippen molar-refractivity contribution in [3.8, 4) is 0 Å². The van der Waals surface area contributed by atoms with Gasteiger partial charge in [-0.05, 0) is 88.1 Å². The fourth-order valence-corrected chi connectivity index (χ4v) is 4.59. The first-order valence-electron chi connectivity index (χ1n) is 11.5. The minimum absolute atomic E-state index is 0.196. The van der Waals surface area contributed by atoms with E-state index >= 15 is 0 Å². The first-order valence-corrected chi connectivity index (χ1v) is 11.5. The van der Waals surface area contributed by atoms with Crippen LogP contribution >= 0.6 is 0 Å². The molecule has 0 aliphatic heterocycles. The van der Waals surface area contributed by atoms with Crippen molar-refractivity contribution in [2.75, 3.05) is 0 Å². The summed E-state index contributed by atoms with van der Waals surface area (Å²) < 4.78 is 44.7. The Morgan fingerprint density at radius 2 is 1.65 bits per heavy atom. The number of benzene rings is 2. The second-order valence-electron chi connectivity index (χ2n) is 8.61. The quantitative estimate of drug-likeness (QED) is 0.369. The van der Waals surface area contributed by atoms with Crippen LogP contribution in [0.1, 0.15) is 69.9 Å². The van der Waals surface area contributed by atoms with Gasteiger partial charge in [-0.15, -0.1) is 0 Å². The van der Waals surface area contributed by atoms with Gasteiger partial charge in [-0.3, -0.25) is 0 Å². The zero-order valence-electron chi connectivity index (χ0n) is 18.6. The van der Waals surface area contributed by atoms with Crippen molar-refractivity contribution in [3.63, 3.8) is 0 Å². The highest BCUT2D eigenvalue weighted by atomic mass is 19.2. The summed E-state index contributed by atoms with van der Waals surface area (Å²) in [6.07, 6.45) is 15.0. The number of allylic oxidation sites excluding steroid dienone is 5. The van der Waals surface area contributed by atoms with E-state index in [1.54, 1.807) is 24.3 Å². The van der Waals surface area contributed by atoms with Crippen LogP contribution in [-0.4, -0.2) is 0 Å². The van der Waals surface area contributed by atoms with E-state index in [0.717, 1.165) is 32.1 Å². The Labute approximate surface area is 184 Å². The van der Waals surface area contributed by atoms with Gasteiger partial charge in [0.05, 0.1) is 0 Å². The standard InChI is InChI=1S/C28H33F3/c1-3-5-7-9-20-11-13-22(14-12-20)27(30)28(31)24-17-18-25-23(19-24)16-15-21(26(25)29)10-8-6-4-2/h3-6,15-20,22H,7-14H2,1-2H3/b5-3+,6-4+,28-27?. The number of rotatable bonds is 8. The molecule has 0 atom stereocenters. The Kier molecular flexibility index (Phi) is 8.57. The molecule has 2 aromatic rings. The van der Waals surface area contributed by atoms with E-state index in [9.17, 15) is 13.2 Å².